The lowest BCUT2D eigenvalue weighted by molar-refractivity contribution is 0.198. The number of hydrogen-bond acceptors (Lipinski definition) is 6. The van der Waals surface area contributed by atoms with E-state index in [0.29, 0.717) is 12.4 Å². The van der Waals surface area contributed by atoms with Gasteiger partial charge in [-0.2, -0.15) is 4.98 Å². The molecule has 0 bridgehead atoms. The van der Waals surface area contributed by atoms with Crippen molar-refractivity contribution >= 4 is 5.82 Å². The van der Waals surface area contributed by atoms with E-state index in [9.17, 15) is 5.11 Å². The third-order valence-corrected chi connectivity index (χ3v) is 3.42. The summed E-state index contributed by atoms with van der Waals surface area (Å²) < 4.78 is 5.34. The molecule has 1 aliphatic rings. The monoisotopic (exact) mass is 274 g/mol. The van der Waals surface area contributed by atoms with E-state index in [4.69, 9.17) is 4.52 Å². The second-order valence-corrected chi connectivity index (χ2v) is 5.03. The molecule has 0 amide bonds. The Morgan fingerprint density at radius 2 is 2.40 bits per heavy atom. The number of rotatable bonds is 4. The number of anilines is 1. The molecule has 0 aromatic carbocycles. The summed E-state index contributed by atoms with van der Waals surface area (Å²) in [5, 5.41) is 13.7. The van der Waals surface area contributed by atoms with Crippen LogP contribution in [0.1, 0.15) is 25.6 Å². The van der Waals surface area contributed by atoms with Gasteiger partial charge in [-0.25, -0.2) is 4.98 Å². The minimum atomic E-state index is -0.289. The smallest absolute Gasteiger partial charge is 0.261 e. The van der Waals surface area contributed by atoms with Crippen molar-refractivity contribution in [3.63, 3.8) is 0 Å². The van der Waals surface area contributed by atoms with Crippen molar-refractivity contribution < 1.29 is 9.63 Å². The zero-order chi connectivity index (χ0) is 13.9. The molecular formula is C14H18N4O2. The van der Waals surface area contributed by atoms with Crippen LogP contribution in [0.4, 0.5) is 5.82 Å². The van der Waals surface area contributed by atoms with Crippen molar-refractivity contribution in [2.45, 2.75) is 32.3 Å². The highest BCUT2D eigenvalue weighted by atomic mass is 16.5. The van der Waals surface area contributed by atoms with Gasteiger partial charge in [-0.1, -0.05) is 12.1 Å². The van der Waals surface area contributed by atoms with E-state index < -0.39 is 0 Å². The minimum absolute atomic E-state index is 0.289. The second-order valence-electron chi connectivity index (χ2n) is 5.03. The summed E-state index contributed by atoms with van der Waals surface area (Å²) in [5.74, 6) is 2.02. The Morgan fingerprint density at radius 1 is 1.50 bits per heavy atom. The lowest BCUT2D eigenvalue weighted by Gasteiger charge is -2.18. The lowest BCUT2D eigenvalue weighted by Crippen LogP contribution is -2.22. The van der Waals surface area contributed by atoms with Gasteiger partial charge in [0.1, 0.15) is 5.82 Å². The normalized spacial score (nSPS) is 18.7. The van der Waals surface area contributed by atoms with Crippen LogP contribution in [0.5, 0.6) is 0 Å². The van der Waals surface area contributed by atoms with Gasteiger partial charge in [0.15, 0.2) is 5.82 Å². The third-order valence-electron chi connectivity index (χ3n) is 3.42. The van der Waals surface area contributed by atoms with E-state index in [-0.39, 0.29) is 6.10 Å². The number of pyridine rings is 1. The van der Waals surface area contributed by atoms with Gasteiger partial charge in [-0.05, 0) is 25.0 Å². The van der Waals surface area contributed by atoms with E-state index >= 15 is 0 Å². The molecule has 1 aliphatic heterocycles. The molecular weight excluding hydrogens is 256 g/mol. The molecule has 0 radical (unpaired) electrons. The first-order chi connectivity index (χ1) is 9.78. The molecule has 0 saturated carbocycles. The highest BCUT2D eigenvalue weighted by Crippen LogP contribution is 2.29. The van der Waals surface area contributed by atoms with Crippen LogP contribution in [-0.4, -0.2) is 39.4 Å². The quantitative estimate of drug-likeness (QED) is 0.913. The SMILES string of the molecule is CCCc1noc(-c2cccnc2N2CCC(O)C2)n1. The number of β-amino-alcohol motifs (C(OH)–C–C–N with tert-alkyl or cyclic N) is 1. The summed E-state index contributed by atoms with van der Waals surface area (Å²) in [6.07, 6.45) is 4.01. The van der Waals surface area contributed by atoms with Crippen LogP contribution in [0, 0.1) is 0 Å². The average molecular weight is 274 g/mol. The number of aliphatic hydroxyl groups excluding tert-OH is 1. The van der Waals surface area contributed by atoms with E-state index in [2.05, 4.69) is 26.9 Å². The number of aryl methyl sites for hydroxylation is 1. The van der Waals surface area contributed by atoms with Gasteiger partial charge in [0.05, 0.1) is 11.7 Å². The summed E-state index contributed by atoms with van der Waals surface area (Å²) >= 11 is 0. The zero-order valence-corrected chi connectivity index (χ0v) is 11.5. The van der Waals surface area contributed by atoms with Gasteiger partial charge < -0.3 is 14.5 Å². The summed E-state index contributed by atoms with van der Waals surface area (Å²) in [4.78, 5) is 10.9. The molecule has 1 fully saturated rings. The van der Waals surface area contributed by atoms with Crippen LogP contribution in [0.3, 0.4) is 0 Å². The Hall–Kier alpha value is -1.95. The Balaban J connectivity index is 1.92. The van der Waals surface area contributed by atoms with Crippen molar-refractivity contribution in [1.82, 2.24) is 15.1 Å². The molecule has 0 aliphatic carbocycles. The molecule has 3 heterocycles. The number of aromatic nitrogens is 3. The van der Waals surface area contributed by atoms with Gasteiger partial charge in [-0.15, -0.1) is 0 Å². The summed E-state index contributed by atoms with van der Waals surface area (Å²) in [6.45, 7) is 3.47. The van der Waals surface area contributed by atoms with Crippen LogP contribution >= 0.6 is 0 Å². The molecule has 2 aromatic heterocycles. The minimum Gasteiger partial charge on any atom is -0.391 e. The van der Waals surface area contributed by atoms with Crippen LogP contribution in [-0.2, 0) is 6.42 Å². The Morgan fingerprint density at radius 3 is 3.15 bits per heavy atom. The molecule has 2 aromatic rings. The van der Waals surface area contributed by atoms with Crippen molar-refractivity contribution in [3.05, 3.63) is 24.2 Å². The predicted octanol–water partition coefficient (Wildman–Crippen LogP) is 1.66. The molecule has 1 unspecified atom stereocenters. The molecule has 3 rings (SSSR count). The summed E-state index contributed by atoms with van der Waals surface area (Å²) in [5.41, 5.74) is 0.830. The van der Waals surface area contributed by atoms with Crippen molar-refractivity contribution in [1.29, 1.82) is 0 Å². The van der Waals surface area contributed by atoms with E-state index in [0.717, 1.165) is 43.0 Å². The Kier molecular flexibility index (Phi) is 3.64. The molecule has 1 saturated heterocycles. The van der Waals surface area contributed by atoms with Gasteiger partial charge in [0.2, 0.25) is 0 Å². The van der Waals surface area contributed by atoms with Gasteiger partial charge in [0.25, 0.3) is 5.89 Å². The van der Waals surface area contributed by atoms with Crippen molar-refractivity contribution in [2.75, 3.05) is 18.0 Å². The molecule has 1 N–H and O–H groups in total. The zero-order valence-electron chi connectivity index (χ0n) is 11.5. The first-order valence-electron chi connectivity index (χ1n) is 6.99. The van der Waals surface area contributed by atoms with Gasteiger partial charge in [-0.3, -0.25) is 0 Å². The third kappa shape index (κ3) is 2.51. The van der Waals surface area contributed by atoms with Crippen LogP contribution < -0.4 is 4.90 Å². The molecule has 6 heteroatoms. The van der Waals surface area contributed by atoms with E-state index in [1.807, 2.05) is 12.1 Å². The van der Waals surface area contributed by atoms with Crippen LogP contribution in [0.25, 0.3) is 11.5 Å². The molecule has 1 atom stereocenters. The Labute approximate surface area is 117 Å². The fraction of sp³-hybridized carbons (Fsp3) is 0.500. The van der Waals surface area contributed by atoms with Gasteiger partial charge >= 0.3 is 0 Å². The maximum Gasteiger partial charge on any atom is 0.261 e. The number of aliphatic hydroxyl groups is 1. The highest BCUT2D eigenvalue weighted by Gasteiger charge is 2.25. The van der Waals surface area contributed by atoms with Crippen molar-refractivity contribution in [3.8, 4) is 11.5 Å². The highest BCUT2D eigenvalue weighted by molar-refractivity contribution is 5.70. The first-order valence-corrected chi connectivity index (χ1v) is 6.99. The van der Waals surface area contributed by atoms with E-state index in [1.165, 1.54) is 0 Å². The summed E-state index contributed by atoms with van der Waals surface area (Å²) in [7, 11) is 0. The van der Waals surface area contributed by atoms with Gasteiger partial charge in [0, 0.05) is 25.7 Å². The molecule has 0 spiro atoms. The summed E-state index contributed by atoms with van der Waals surface area (Å²) in [6, 6.07) is 3.78. The van der Waals surface area contributed by atoms with E-state index in [1.54, 1.807) is 6.20 Å². The fourth-order valence-electron chi connectivity index (χ4n) is 2.44. The number of hydrogen-bond donors (Lipinski definition) is 1. The largest absolute Gasteiger partial charge is 0.391 e. The molecule has 106 valence electrons. The maximum absolute atomic E-state index is 9.68. The molecule has 20 heavy (non-hydrogen) atoms. The first kappa shape index (κ1) is 13.1. The average Bonchev–Trinajstić information content (AvgIpc) is 3.08. The maximum atomic E-state index is 9.68. The lowest BCUT2D eigenvalue weighted by atomic mass is 10.2. The fourth-order valence-corrected chi connectivity index (χ4v) is 2.44. The Bertz CT molecular complexity index is 584. The topological polar surface area (TPSA) is 75.3 Å². The standard InChI is InChI=1S/C14H18N4O2/c1-2-4-12-16-14(20-17-12)11-5-3-7-15-13(11)18-8-6-10(19)9-18/h3,5,7,10,19H,2,4,6,8-9H2,1H3. The predicted molar refractivity (Wildman–Crippen MR) is 74.4 cm³/mol. The van der Waals surface area contributed by atoms with Crippen molar-refractivity contribution in [2.24, 2.45) is 0 Å². The van der Waals surface area contributed by atoms with Crippen LogP contribution in [0.15, 0.2) is 22.9 Å². The molecule has 6 nitrogen and oxygen atoms in total. The second kappa shape index (κ2) is 5.58. The van der Waals surface area contributed by atoms with Crippen LogP contribution in [0.2, 0.25) is 0 Å². The number of nitrogens with zero attached hydrogens (tertiary/aromatic N) is 4.